The van der Waals surface area contributed by atoms with Gasteiger partial charge in [0, 0.05) is 18.8 Å². The van der Waals surface area contributed by atoms with Gasteiger partial charge in [0.05, 0.1) is 20.6 Å². The van der Waals surface area contributed by atoms with Crippen LogP contribution in [0, 0.1) is 0 Å². The molecule has 28 heavy (non-hydrogen) atoms. The van der Waals surface area contributed by atoms with Crippen LogP contribution in [0.5, 0.6) is 0 Å². The molecule has 0 saturated carbocycles. The molecule has 144 valence electrons. The van der Waals surface area contributed by atoms with Gasteiger partial charge in [-0.3, -0.25) is 4.79 Å². The van der Waals surface area contributed by atoms with Gasteiger partial charge in [-0.25, -0.2) is 4.99 Å². The first-order valence-electron chi connectivity index (χ1n) is 9.18. The number of amides is 1. The highest BCUT2D eigenvalue weighted by Crippen LogP contribution is 2.31. The predicted octanol–water partition coefficient (Wildman–Crippen LogP) is 5.88. The van der Waals surface area contributed by atoms with Crippen LogP contribution in [0.2, 0.25) is 10.0 Å². The number of piperidine rings is 1. The molecule has 1 N–H and O–H groups in total. The summed E-state index contributed by atoms with van der Waals surface area (Å²) in [5.74, 6) is -0.149. The smallest absolute Gasteiger partial charge is 0.264 e. The van der Waals surface area contributed by atoms with Crippen LogP contribution < -0.4 is 10.2 Å². The lowest BCUT2D eigenvalue weighted by atomic mass is 10.1. The maximum absolute atomic E-state index is 12.3. The van der Waals surface area contributed by atoms with Gasteiger partial charge < -0.3 is 10.2 Å². The number of amidine groups is 1. The Morgan fingerprint density at radius 2 is 1.75 bits per heavy atom. The van der Waals surface area contributed by atoms with Crippen LogP contribution >= 0.6 is 35.0 Å². The number of benzene rings is 2. The van der Waals surface area contributed by atoms with Crippen molar-refractivity contribution in [1.82, 2.24) is 5.32 Å². The van der Waals surface area contributed by atoms with Crippen LogP contribution in [0.15, 0.2) is 52.4 Å². The van der Waals surface area contributed by atoms with E-state index in [1.165, 1.54) is 36.7 Å². The van der Waals surface area contributed by atoms with Crippen molar-refractivity contribution in [2.75, 3.05) is 18.0 Å². The van der Waals surface area contributed by atoms with Gasteiger partial charge in [0.25, 0.3) is 5.91 Å². The Kier molecular flexibility index (Phi) is 5.95. The third-order valence-corrected chi connectivity index (χ3v) is 6.35. The summed E-state index contributed by atoms with van der Waals surface area (Å²) < 4.78 is 0. The maximum Gasteiger partial charge on any atom is 0.264 e. The third-order valence-electron chi connectivity index (χ3n) is 4.70. The lowest BCUT2D eigenvalue weighted by Gasteiger charge is -2.28. The molecule has 1 amide bonds. The monoisotopic (exact) mass is 431 g/mol. The maximum atomic E-state index is 12.3. The molecule has 2 heterocycles. The highest BCUT2D eigenvalue weighted by atomic mass is 35.5. The number of aliphatic imine (C=N–C) groups is 1. The zero-order valence-electron chi connectivity index (χ0n) is 15.1. The highest BCUT2D eigenvalue weighted by molar-refractivity contribution is 8.18. The number of nitrogens with one attached hydrogen (secondary N) is 1. The fourth-order valence-electron chi connectivity index (χ4n) is 3.24. The highest BCUT2D eigenvalue weighted by Gasteiger charge is 2.24. The number of carbonyl (C=O) groups excluding carboxylic acids is 1. The molecule has 4 nitrogen and oxygen atoms in total. The Bertz CT molecular complexity index is 951. The fourth-order valence-corrected chi connectivity index (χ4v) is 4.37. The zero-order valence-corrected chi connectivity index (χ0v) is 17.4. The number of halogens is 2. The molecule has 2 aromatic rings. The lowest BCUT2D eigenvalue weighted by molar-refractivity contribution is -0.115. The van der Waals surface area contributed by atoms with Crippen molar-refractivity contribution < 1.29 is 4.79 Å². The molecule has 0 radical (unpaired) electrons. The number of hydrogen-bond acceptors (Lipinski definition) is 4. The molecular formula is C21H19Cl2N3OS. The van der Waals surface area contributed by atoms with Crippen molar-refractivity contribution in [3.05, 3.63) is 63.0 Å². The zero-order chi connectivity index (χ0) is 19.5. The number of hydrogen-bond donors (Lipinski definition) is 1. The van der Waals surface area contributed by atoms with Gasteiger partial charge in [0.2, 0.25) is 0 Å². The number of carbonyl (C=O) groups is 1. The quantitative estimate of drug-likeness (QED) is 0.617. The number of nitrogens with zero attached hydrogens (tertiary/aromatic N) is 2. The number of rotatable bonds is 3. The number of anilines is 1. The summed E-state index contributed by atoms with van der Waals surface area (Å²) in [5, 5.41) is 4.23. The molecule has 0 aliphatic carbocycles. The van der Waals surface area contributed by atoms with E-state index < -0.39 is 0 Å². The van der Waals surface area contributed by atoms with Crippen LogP contribution in [-0.2, 0) is 4.79 Å². The Morgan fingerprint density at radius 3 is 2.46 bits per heavy atom. The van der Waals surface area contributed by atoms with Crippen LogP contribution in [0.1, 0.15) is 24.8 Å². The van der Waals surface area contributed by atoms with Crippen LogP contribution in [0.3, 0.4) is 0 Å². The van der Waals surface area contributed by atoms with Crippen molar-refractivity contribution in [2.45, 2.75) is 19.3 Å². The first-order chi connectivity index (χ1) is 13.6. The van der Waals surface area contributed by atoms with Gasteiger partial charge in [-0.15, -0.1) is 0 Å². The molecule has 2 aliphatic heterocycles. The first kappa shape index (κ1) is 19.4. The standard InChI is InChI=1S/C21H19Cl2N3OS/c22-17-9-6-15(13-18(17)23)24-21-25-20(27)19(28-21)12-14-4-7-16(8-5-14)26-10-2-1-3-11-26/h4-9,12-13H,1-3,10-11H2,(H,24,25,27)/b19-12-. The second-order valence-corrected chi connectivity index (χ2v) is 8.56. The Balaban J connectivity index is 1.48. The van der Waals surface area contributed by atoms with E-state index >= 15 is 0 Å². The summed E-state index contributed by atoms with van der Waals surface area (Å²) >= 11 is 13.3. The minimum atomic E-state index is -0.149. The molecule has 0 unspecified atom stereocenters. The normalized spacial score (nSPS) is 20.1. The second kappa shape index (κ2) is 8.60. The van der Waals surface area contributed by atoms with Crippen molar-refractivity contribution >= 4 is 63.5 Å². The van der Waals surface area contributed by atoms with Crippen molar-refractivity contribution in [2.24, 2.45) is 4.99 Å². The van der Waals surface area contributed by atoms with E-state index in [1.54, 1.807) is 18.2 Å². The van der Waals surface area contributed by atoms with Crippen LogP contribution in [-0.4, -0.2) is 24.2 Å². The first-order valence-corrected chi connectivity index (χ1v) is 10.8. The van der Waals surface area contributed by atoms with Gasteiger partial charge in [-0.05, 0) is 73.0 Å². The van der Waals surface area contributed by atoms with Crippen LogP contribution in [0.25, 0.3) is 6.08 Å². The predicted molar refractivity (Wildman–Crippen MR) is 120 cm³/mol. The summed E-state index contributed by atoms with van der Waals surface area (Å²) in [4.78, 5) is 19.7. The van der Waals surface area contributed by atoms with E-state index in [0.29, 0.717) is 25.8 Å². The average molecular weight is 432 g/mol. The van der Waals surface area contributed by atoms with Crippen molar-refractivity contribution in [1.29, 1.82) is 0 Å². The molecule has 2 saturated heterocycles. The molecular weight excluding hydrogens is 413 g/mol. The van der Waals surface area contributed by atoms with Gasteiger partial charge >= 0.3 is 0 Å². The Hall–Kier alpha value is -1.95. The van der Waals surface area contributed by atoms with Gasteiger partial charge in [0.15, 0.2) is 5.17 Å². The Labute approximate surface area is 178 Å². The van der Waals surface area contributed by atoms with E-state index in [0.717, 1.165) is 18.7 Å². The van der Waals surface area contributed by atoms with E-state index in [2.05, 4.69) is 39.5 Å². The lowest BCUT2D eigenvalue weighted by Crippen LogP contribution is -2.29. The van der Waals surface area contributed by atoms with Crippen molar-refractivity contribution in [3.63, 3.8) is 0 Å². The summed E-state index contributed by atoms with van der Waals surface area (Å²) in [6.07, 6.45) is 5.71. The summed E-state index contributed by atoms with van der Waals surface area (Å²) in [7, 11) is 0. The SMILES string of the molecule is O=C1NC(=Nc2ccc(Cl)c(Cl)c2)S/C1=C\c1ccc(N2CCCCC2)cc1. The fraction of sp³-hybridized carbons (Fsp3) is 0.238. The van der Waals surface area contributed by atoms with E-state index in [-0.39, 0.29) is 5.91 Å². The molecule has 2 aliphatic rings. The van der Waals surface area contributed by atoms with Crippen molar-refractivity contribution in [3.8, 4) is 0 Å². The third kappa shape index (κ3) is 4.54. The summed E-state index contributed by atoms with van der Waals surface area (Å²) in [6.45, 7) is 2.24. The van der Waals surface area contributed by atoms with E-state index in [4.69, 9.17) is 23.2 Å². The molecule has 0 atom stereocenters. The molecule has 0 bridgehead atoms. The molecule has 7 heteroatoms. The average Bonchev–Trinajstić information content (AvgIpc) is 3.05. The minimum absolute atomic E-state index is 0.149. The van der Waals surface area contributed by atoms with Gasteiger partial charge in [0.1, 0.15) is 0 Å². The van der Waals surface area contributed by atoms with Crippen LogP contribution in [0.4, 0.5) is 11.4 Å². The number of thioether (sulfide) groups is 1. The Morgan fingerprint density at radius 1 is 1.00 bits per heavy atom. The minimum Gasteiger partial charge on any atom is -0.372 e. The summed E-state index contributed by atoms with van der Waals surface area (Å²) in [5.41, 5.74) is 2.88. The largest absolute Gasteiger partial charge is 0.372 e. The molecule has 0 aromatic heterocycles. The van der Waals surface area contributed by atoms with E-state index in [1.807, 2.05) is 6.08 Å². The van der Waals surface area contributed by atoms with E-state index in [9.17, 15) is 4.79 Å². The second-order valence-electron chi connectivity index (χ2n) is 6.72. The van der Waals surface area contributed by atoms with Gasteiger partial charge in [-0.2, -0.15) is 0 Å². The molecule has 2 aromatic carbocycles. The molecule has 0 spiro atoms. The van der Waals surface area contributed by atoms with Gasteiger partial charge in [-0.1, -0.05) is 35.3 Å². The summed E-state index contributed by atoms with van der Waals surface area (Å²) in [6, 6.07) is 13.5. The molecule has 2 fully saturated rings. The topological polar surface area (TPSA) is 44.7 Å². The molecule has 4 rings (SSSR count).